The van der Waals surface area contributed by atoms with Gasteiger partial charge < -0.3 is 20.7 Å². The molecule has 0 fully saturated rings. The first kappa shape index (κ1) is 19.8. The van der Waals surface area contributed by atoms with Gasteiger partial charge in [0.05, 0.1) is 17.4 Å². The molecule has 0 aromatic heterocycles. The van der Waals surface area contributed by atoms with Crippen LogP contribution in [0.2, 0.25) is 0 Å². The van der Waals surface area contributed by atoms with Crippen molar-refractivity contribution in [3.05, 3.63) is 24.3 Å². The van der Waals surface area contributed by atoms with Gasteiger partial charge in [0.2, 0.25) is 11.8 Å². The highest BCUT2D eigenvalue weighted by Crippen LogP contribution is 2.36. The van der Waals surface area contributed by atoms with Crippen LogP contribution in [-0.4, -0.2) is 48.1 Å². The van der Waals surface area contributed by atoms with Crippen LogP contribution < -0.4 is 16.0 Å². The van der Waals surface area contributed by atoms with Gasteiger partial charge in [0.1, 0.15) is 6.04 Å². The Kier molecular flexibility index (Phi) is 7.02. The lowest BCUT2D eigenvalue weighted by Gasteiger charge is -2.23. The van der Waals surface area contributed by atoms with E-state index in [1.807, 2.05) is 18.2 Å². The van der Waals surface area contributed by atoms with Gasteiger partial charge in [0.15, 0.2) is 6.61 Å². The van der Waals surface area contributed by atoms with E-state index in [-0.39, 0.29) is 18.2 Å². The molecule has 0 radical (unpaired) electrons. The minimum Gasteiger partial charge on any atom is -0.456 e. The second-order valence-corrected chi connectivity index (χ2v) is 6.89. The van der Waals surface area contributed by atoms with Crippen molar-refractivity contribution in [1.82, 2.24) is 10.6 Å². The van der Waals surface area contributed by atoms with Gasteiger partial charge in [-0.25, -0.2) is 0 Å². The highest BCUT2D eigenvalue weighted by molar-refractivity contribution is 8.01. The van der Waals surface area contributed by atoms with Crippen molar-refractivity contribution in [2.24, 2.45) is 0 Å². The second kappa shape index (κ2) is 9.23. The third-order valence-electron chi connectivity index (χ3n) is 3.54. The molecule has 0 saturated carbocycles. The quantitative estimate of drug-likeness (QED) is 0.600. The molecule has 0 spiro atoms. The first-order valence-electron chi connectivity index (χ1n) is 8.20. The fourth-order valence-electron chi connectivity index (χ4n) is 2.26. The van der Waals surface area contributed by atoms with E-state index >= 15 is 0 Å². The Morgan fingerprint density at radius 3 is 2.77 bits per heavy atom. The number of nitrogens with one attached hydrogen (secondary N) is 3. The fourth-order valence-corrected chi connectivity index (χ4v) is 3.35. The standard InChI is InChI=1S/C17H21N3O5S/c1-3-18-16(23)10(2)19-14(21)9-25-15(22)8-13-17(24)20-11-6-4-5-7-12(11)26-13/h4-7,10,13H,3,8-9H2,1-2H3,(H,18,23)(H,19,21)(H,20,24)/t10-,13+/m0/s1. The molecule has 2 rings (SSSR count). The number of thioether (sulfide) groups is 1. The molecular formula is C17H21N3O5S. The Hall–Kier alpha value is -2.55. The minimum absolute atomic E-state index is 0.149. The molecule has 3 N–H and O–H groups in total. The van der Waals surface area contributed by atoms with Crippen LogP contribution >= 0.6 is 11.8 Å². The van der Waals surface area contributed by atoms with E-state index in [9.17, 15) is 19.2 Å². The number of carbonyl (C=O) groups excluding carboxylic acids is 4. The largest absolute Gasteiger partial charge is 0.456 e. The third-order valence-corrected chi connectivity index (χ3v) is 4.82. The number of esters is 1. The van der Waals surface area contributed by atoms with Crippen LogP contribution in [0.25, 0.3) is 0 Å². The molecule has 9 heteroatoms. The molecule has 26 heavy (non-hydrogen) atoms. The molecule has 1 aliphatic rings. The van der Waals surface area contributed by atoms with E-state index < -0.39 is 29.8 Å². The topological polar surface area (TPSA) is 114 Å². The van der Waals surface area contributed by atoms with E-state index in [0.717, 1.165) is 4.90 Å². The molecule has 1 aromatic rings. The van der Waals surface area contributed by atoms with E-state index in [4.69, 9.17) is 4.74 Å². The molecule has 8 nitrogen and oxygen atoms in total. The summed E-state index contributed by atoms with van der Waals surface area (Å²) in [5.74, 6) is -1.83. The SMILES string of the molecule is CCNC(=O)[C@H](C)NC(=O)COC(=O)C[C@H]1Sc2ccccc2NC1=O. The van der Waals surface area contributed by atoms with Crippen molar-refractivity contribution >= 4 is 41.1 Å². The highest BCUT2D eigenvalue weighted by Gasteiger charge is 2.29. The molecule has 0 saturated heterocycles. The lowest BCUT2D eigenvalue weighted by molar-refractivity contribution is -0.149. The summed E-state index contributed by atoms with van der Waals surface area (Å²) in [4.78, 5) is 48.1. The van der Waals surface area contributed by atoms with Crippen molar-refractivity contribution < 1.29 is 23.9 Å². The van der Waals surface area contributed by atoms with Crippen LogP contribution in [0.15, 0.2) is 29.2 Å². The van der Waals surface area contributed by atoms with Crippen molar-refractivity contribution in [3.8, 4) is 0 Å². The summed E-state index contributed by atoms with van der Waals surface area (Å²) in [6, 6.07) is 6.58. The molecule has 1 aliphatic heterocycles. The zero-order valence-electron chi connectivity index (χ0n) is 14.5. The summed E-state index contributed by atoms with van der Waals surface area (Å²) in [6.07, 6.45) is -0.149. The molecule has 2 atom stereocenters. The van der Waals surface area contributed by atoms with Crippen molar-refractivity contribution in [3.63, 3.8) is 0 Å². The molecular weight excluding hydrogens is 358 g/mol. The van der Waals surface area contributed by atoms with Crippen LogP contribution in [0.5, 0.6) is 0 Å². The van der Waals surface area contributed by atoms with Gasteiger partial charge in [-0.3, -0.25) is 19.2 Å². The van der Waals surface area contributed by atoms with Crippen LogP contribution in [0.3, 0.4) is 0 Å². The van der Waals surface area contributed by atoms with E-state index in [2.05, 4.69) is 16.0 Å². The van der Waals surface area contributed by atoms with Crippen LogP contribution in [-0.2, 0) is 23.9 Å². The number of amides is 3. The number of para-hydroxylation sites is 1. The molecule has 3 amide bonds. The predicted molar refractivity (Wildman–Crippen MR) is 96.6 cm³/mol. The Balaban J connectivity index is 1.78. The van der Waals surface area contributed by atoms with Crippen molar-refractivity contribution in [1.29, 1.82) is 0 Å². The number of ether oxygens (including phenoxy) is 1. The minimum atomic E-state index is -0.725. The average Bonchev–Trinajstić information content (AvgIpc) is 2.60. The van der Waals surface area contributed by atoms with Gasteiger partial charge in [-0.05, 0) is 26.0 Å². The maximum Gasteiger partial charge on any atom is 0.307 e. The van der Waals surface area contributed by atoms with Gasteiger partial charge in [-0.2, -0.15) is 0 Å². The lowest BCUT2D eigenvalue weighted by Crippen LogP contribution is -2.46. The predicted octanol–water partition coefficient (Wildman–Crippen LogP) is 0.673. The smallest absolute Gasteiger partial charge is 0.307 e. The van der Waals surface area contributed by atoms with Gasteiger partial charge in [-0.1, -0.05) is 12.1 Å². The van der Waals surface area contributed by atoms with Gasteiger partial charge in [-0.15, -0.1) is 11.8 Å². The summed E-state index contributed by atoms with van der Waals surface area (Å²) in [5, 5.41) is 7.13. The number of likely N-dealkylation sites (N-methyl/N-ethyl adjacent to an activating group) is 1. The number of fused-ring (bicyclic) bond motifs is 1. The number of hydrogen-bond donors (Lipinski definition) is 3. The van der Waals surface area contributed by atoms with Crippen LogP contribution in [0.4, 0.5) is 5.69 Å². The number of carbonyl (C=O) groups is 4. The Morgan fingerprint density at radius 1 is 1.31 bits per heavy atom. The van der Waals surface area contributed by atoms with Crippen LogP contribution in [0.1, 0.15) is 20.3 Å². The number of benzene rings is 1. The second-order valence-electron chi connectivity index (χ2n) is 5.64. The maximum absolute atomic E-state index is 12.0. The van der Waals surface area contributed by atoms with E-state index in [1.54, 1.807) is 13.0 Å². The van der Waals surface area contributed by atoms with Gasteiger partial charge >= 0.3 is 5.97 Å². The van der Waals surface area contributed by atoms with E-state index in [0.29, 0.717) is 12.2 Å². The summed E-state index contributed by atoms with van der Waals surface area (Å²) in [7, 11) is 0. The average molecular weight is 379 g/mol. The first-order chi connectivity index (χ1) is 12.4. The fraction of sp³-hybridized carbons (Fsp3) is 0.412. The monoisotopic (exact) mass is 379 g/mol. The Bertz CT molecular complexity index is 709. The zero-order chi connectivity index (χ0) is 19.1. The van der Waals surface area contributed by atoms with Crippen molar-refractivity contribution in [2.45, 2.75) is 36.5 Å². The van der Waals surface area contributed by atoms with E-state index in [1.165, 1.54) is 18.7 Å². The molecule has 0 aliphatic carbocycles. The molecule has 0 unspecified atom stereocenters. The molecule has 0 bridgehead atoms. The summed E-state index contributed by atoms with van der Waals surface area (Å²) in [5.41, 5.74) is 0.714. The van der Waals surface area contributed by atoms with Crippen LogP contribution in [0, 0.1) is 0 Å². The third kappa shape index (κ3) is 5.48. The molecule has 1 heterocycles. The highest BCUT2D eigenvalue weighted by atomic mass is 32.2. The first-order valence-corrected chi connectivity index (χ1v) is 9.08. The number of rotatable bonds is 7. The normalized spacial score (nSPS) is 16.7. The Labute approximate surface area is 155 Å². The maximum atomic E-state index is 12.0. The van der Waals surface area contributed by atoms with Gasteiger partial charge in [0, 0.05) is 11.4 Å². The zero-order valence-corrected chi connectivity index (χ0v) is 15.4. The number of hydrogen-bond acceptors (Lipinski definition) is 6. The lowest BCUT2D eigenvalue weighted by atomic mass is 10.2. The van der Waals surface area contributed by atoms with Crippen molar-refractivity contribution in [2.75, 3.05) is 18.5 Å². The Morgan fingerprint density at radius 2 is 2.04 bits per heavy atom. The number of anilines is 1. The summed E-state index contributed by atoms with van der Waals surface area (Å²) >= 11 is 1.28. The summed E-state index contributed by atoms with van der Waals surface area (Å²) < 4.78 is 4.91. The van der Waals surface area contributed by atoms with Gasteiger partial charge in [0.25, 0.3) is 5.91 Å². The molecule has 140 valence electrons. The summed E-state index contributed by atoms with van der Waals surface area (Å²) in [6.45, 7) is 3.26. The molecule has 1 aromatic carbocycles.